The largest absolute Gasteiger partial charge is 0.387 e. The molecule has 2 aromatic carbocycles. The van der Waals surface area contributed by atoms with E-state index in [1.54, 1.807) is 12.1 Å². The van der Waals surface area contributed by atoms with Gasteiger partial charge in [0.15, 0.2) is 6.10 Å². The fraction of sp³-hybridized carbons (Fsp3) is 0.235. The maximum atomic E-state index is 6.08. The molecule has 0 bridgehead atoms. The van der Waals surface area contributed by atoms with Gasteiger partial charge in [-0.25, -0.2) is 0 Å². The monoisotopic (exact) mass is 353 g/mol. The second-order valence-corrected chi connectivity index (χ2v) is 6.63. The molecule has 0 saturated carbocycles. The highest BCUT2D eigenvalue weighted by Crippen LogP contribution is 2.37. The smallest absolute Gasteiger partial charge is 0.158 e. The summed E-state index contributed by atoms with van der Waals surface area (Å²) >= 11 is 18.1. The number of halogens is 3. The molecule has 0 N–H and O–H groups in total. The summed E-state index contributed by atoms with van der Waals surface area (Å²) < 4.78 is 0. The van der Waals surface area contributed by atoms with Crippen molar-refractivity contribution >= 4 is 40.5 Å². The van der Waals surface area contributed by atoms with Gasteiger partial charge >= 0.3 is 0 Å². The highest BCUT2D eigenvalue weighted by Gasteiger charge is 2.25. The molecule has 2 aromatic rings. The number of hydrogen-bond donors (Lipinski definition) is 0. The number of benzene rings is 2. The Morgan fingerprint density at radius 1 is 1.00 bits per heavy atom. The highest BCUT2D eigenvalue weighted by molar-refractivity contribution is 6.48. The fourth-order valence-electron chi connectivity index (χ4n) is 2.41. The maximum Gasteiger partial charge on any atom is 0.158 e. The van der Waals surface area contributed by atoms with E-state index in [2.05, 4.69) is 37.2 Å². The Labute approximate surface area is 144 Å². The van der Waals surface area contributed by atoms with Crippen molar-refractivity contribution in [2.45, 2.75) is 26.4 Å². The number of oxime groups is 1. The van der Waals surface area contributed by atoms with Crippen LogP contribution in [0.1, 0.15) is 34.8 Å². The van der Waals surface area contributed by atoms with Crippen LogP contribution in [0.2, 0.25) is 15.1 Å². The van der Waals surface area contributed by atoms with E-state index in [0.717, 1.165) is 16.8 Å². The molecule has 5 heteroatoms. The first-order valence-electron chi connectivity index (χ1n) is 6.90. The van der Waals surface area contributed by atoms with Crippen LogP contribution in [0.4, 0.5) is 0 Å². The predicted octanol–water partition coefficient (Wildman–Crippen LogP) is 6.13. The minimum absolute atomic E-state index is 0.191. The zero-order valence-electron chi connectivity index (χ0n) is 12.2. The van der Waals surface area contributed by atoms with Gasteiger partial charge in [-0.2, -0.15) is 0 Å². The highest BCUT2D eigenvalue weighted by atomic mass is 35.5. The number of hydrogen-bond acceptors (Lipinski definition) is 2. The lowest BCUT2D eigenvalue weighted by Gasteiger charge is -2.11. The molecule has 1 heterocycles. The predicted molar refractivity (Wildman–Crippen MR) is 92.4 cm³/mol. The van der Waals surface area contributed by atoms with Crippen molar-refractivity contribution in [1.29, 1.82) is 0 Å². The molecule has 1 atom stereocenters. The topological polar surface area (TPSA) is 21.6 Å². The van der Waals surface area contributed by atoms with Gasteiger partial charge in [-0.1, -0.05) is 52.1 Å². The molecule has 1 aliphatic rings. The Balaban J connectivity index is 1.83. The first-order chi connectivity index (χ1) is 10.5. The number of nitrogens with zero attached hydrogens (tertiary/aromatic N) is 1. The fourth-order valence-corrected chi connectivity index (χ4v) is 3.02. The zero-order chi connectivity index (χ0) is 15.9. The minimum Gasteiger partial charge on any atom is -0.387 e. The molecule has 0 amide bonds. The second kappa shape index (κ2) is 6.11. The third-order valence-corrected chi connectivity index (χ3v) is 5.08. The molecule has 0 aromatic heterocycles. The lowest BCUT2D eigenvalue weighted by atomic mass is 9.98. The molecule has 0 fully saturated rings. The van der Waals surface area contributed by atoms with Gasteiger partial charge in [0.05, 0.1) is 20.8 Å². The van der Waals surface area contributed by atoms with E-state index in [-0.39, 0.29) is 6.10 Å². The second-order valence-electron chi connectivity index (χ2n) is 5.43. The lowest BCUT2D eigenvalue weighted by Crippen LogP contribution is -2.02. The first-order valence-corrected chi connectivity index (χ1v) is 8.04. The van der Waals surface area contributed by atoms with Crippen LogP contribution in [0.5, 0.6) is 0 Å². The summed E-state index contributed by atoms with van der Waals surface area (Å²) in [6.07, 6.45) is 0.487. The summed E-state index contributed by atoms with van der Waals surface area (Å²) in [7, 11) is 0. The van der Waals surface area contributed by atoms with E-state index >= 15 is 0 Å². The average molecular weight is 355 g/mol. The quantitative estimate of drug-likeness (QED) is 0.594. The third-order valence-electron chi connectivity index (χ3n) is 3.89. The Hall–Kier alpha value is -1.22. The summed E-state index contributed by atoms with van der Waals surface area (Å²) in [5.74, 6) is 0. The van der Waals surface area contributed by atoms with Gasteiger partial charge in [0.2, 0.25) is 0 Å². The molecule has 1 unspecified atom stereocenters. The molecule has 22 heavy (non-hydrogen) atoms. The molecule has 3 rings (SSSR count). The Kier molecular flexibility index (Phi) is 4.35. The Morgan fingerprint density at radius 2 is 1.68 bits per heavy atom. The Morgan fingerprint density at radius 3 is 2.32 bits per heavy atom. The average Bonchev–Trinajstić information content (AvgIpc) is 2.97. The molecular formula is C17H14Cl3NO. The maximum absolute atomic E-state index is 6.08. The zero-order valence-corrected chi connectivity index (χ0v) is 14.4. The van der Waals surface area contributed by atoms with Gasteiger partial charge < -0.3 is 4.84 Å². The third kappa shape index (κ3) is 2.96. The van der Waals surface area contributed by atoms with Crippen LogP contribution in [-0.4, -0.2) is 5.71 Å². The molecule has 0 saturated heterocycles. The van der Waals surface area contributed by atoms with Crippen LogP contribution in [-0.2, 0) is 4.84 Å². The Bertz CT molecular complexity index is 747. The summed E-state index contributed by atoms with van der Waals surface area (Å²) in [6.45, 7) is 4.18. The minimum atomic E-state index is -0.191. The summed E-state index contributed by atoms with van der Waals surface area (Å²) in [6, 6.07) is 9.84. The molecule has 0 radical (unpaired) electrons. The summed E-state index contributed by atoms with van der Waals surface area (Å²) in [5, 5.41) is 5.42. The van der Waals surface area contributed by atoms with Crippen molar-refractivity contribution in [2.24, 2.45) is 5.16 Å². The van der Waals surface area contributed by atoms with Gasteiger partial charge in [-0.3, -0.25) is 0 Å². The van der Waals surface area contributed by atoms with Crippen LogP contribution < -0.4 is 0 Å². The van der Waals surface area contributed by atoms with E-state index in [9.17, 15) is 0 Å². The van der Waals surface area contributed by atoms with Gasteiger partial charge in [0.25, 0.3) is 0 Å². The van der Waals surface area contributed by atoms with Crippen molar-refractivity contribution < 1.29 is 4.84 Å². The van der Waals surface area contributed by atoms with E-state index in [1.165, 1.54) is 11.1 Å². The number of rotatable bonds is 2. The summed E-state index contributed by atoms with van der Waals surface area (Å²) in [5.41, 5.74) is 5.38. The molecule has 2 nitrogen and oxygen atoms in total. The van der Waals surface area contributed by atoms with Crippen molar-refractivity contribution in [3.8, 4) is 0 Å². The normalized spacial score (nSPS) is 17.3. The standard InChI is InChI=1S/C17H14Cl3NO/c1-9-3-4-11(5-10(9)2)15-8-16(22-21-15)12-6-13(18)17(20)14(19)7-12/h3-7,16H,8H2,1-2H3. The summed E-state index contributed by atoms with van der Waals surface area (Å²) in [4.78, 5) is 5.55. The molecule has 1 aliphatic heterocycles. The SMILES string of the molecule is Cc1ccc(C2=NOC(c3cc(Cl)c(Cl)c(Cl)c3)C2)cc1C. The molecular weight excluding hydrogens is 341 g/mol. The van der Waals surface area contributed by atoms with Crippen molar-refractivity contribution in [3.63, 3.8) is 0 Å². The van der Waals surface area contributed by atoms with Gasteiger partial charge in [-0.15, -0.1) is 0 Å². The molecule has 0 spiro atoms. The van der Waals surface area contributed by atoms with Gasteiger partial charge in [-0.05, 0) is 54.3 Å². The van der Waals surface area contributed by atoms with Crippen LogP contribution in [0, 0.1) is 13.8 Å². The van der Waals surface area contributed by atoms with Gasteiger partial charge in [0.1, 0.15) is 0 Å². The van der Waals surface area contributed by atoms with Crippen LogP contribution in [0.15, 0.2) is 35.5 Å². The number of aryl methyl sites for hydroxylation is 2. The lowest BCUT2D eigenvalue weighted by molar-refractivity contribution is 0.0857. The van der Waals surface area contributed by atoms with Crippen molar-refractivity contribution in [2.75, 3.05) is 0 Å². The van der Waals surface area contributed by atoms with Crippen LogP contribution >= 0.6 is 34.8 Å². The molecule has 114 valence electrons. The van der Waals surface area contributed by atoms with Crippen molar-refractivity contribution in [1.82, 2.24) is 0 Å². The van der Waals surface area contributed by atoms with Crippen molar-refractivity contribution in [3.05, 3.63) is 67.7 Å². The first kappa shape index (κ1) is 15.7. The van der Waals surface area contributed by atoms with Crippen LogP contribution in [0.3, 0.4) is 0 Å². The van der Waals surface area contributed by atoms with E-state index in [0.29, 0.717) is 21.5 Å². The van der Waals surface area contributed by atoms with Crippen LogP contribution in [0.25, 0.3) is 0 Å². The van der Waals surface area contributed by atoms with E-state index in [4.69, 9.17) is 39.6 Å². The van der Waals surface area contributed by atoms with E-state index < -0.39 is 0 Å². The molecule has 0 aliphatic carbocycles. The van der Waals surface area contributed by atoms with Gasteiger partial charge in [0, 0.05) is 6.42 Å². The van der Waals surface area contributed by atoms with E-state index in [1.807, 2.05) is 0 Å².